The van der Waals surface area contributed by atoms with Gasteiger partial charge in [0, 0.05) is 16.7 Å². The molecule has 252 valence electrons. The van der Waals surface area contributed by atoms with Crippen molar-refractivity contribution in [2.24, 2.45) is 0 Å². The summed E-state index contributed by atoms with van der Waals surface area (Å²) in [5.41, 5.74) is 9.99. The van der Waals surface area contributed by atoms with Gasteiger partial charge in [-0.25, -0.2) is 15.0 Å². The van der Waals surface area contributed by atoms with Gasteiger partial charge in [0.2, 0.25) is 0 Å². The second-order valence-corrected chi connectivity index (χ2v) is 13.7. The van der Waals surface area contributed by atoms with Crippen molar-refractivity contribution in [1.29, 1.82) is 0 Å². The van der Waals surface area contributed by atoms with Crippen LogP contribution in [0.3, 0.4) is 0 Å². The van der Waals surface area contributed by atoms with Gasteiger partial charge in [-0.15, -0.1) is 0 Å². The highest BCUT2D eigenvalue weighted by Gasteiger charge is 2.15. The number of benzene rings is 9. The second-order valence-electron chi connectivity index (χ2n) is 13.7. The number of hydrogen-bond donors (Lipinski definition) is 0. The first-order valence-corrected chi connectivity index (χ1v) is 18.3. The van der Waals surface area contributed by atoms with E-state index in [1.165, 1.54) is 49.5 Å². The molecule has 1 heterocycles. The zero-order chi connectivity index (χ0) is 35.8. The van der Waals surface area contributed by atoms with E-state index in [9.17, 15) is 0 Å². The maximum Gasteiger partial charge on any atom is 0.164 e. The van der Waals surface area contributed by atoms with Crippen LogP contribution in [0.4, 0.5) is 0 Å². The molecule has 54 heavy (non-hydrogen) atoms. The lowest BCUT2D eigenvalue weighted by Gasteiger charge is -2.11. The Kier molecular flexibility index (Phi) is 7.81. The van der Waals surface area contributed by atoms with E-state index in [1.807, 2.05) is 18.2 Å². The Labute approximate surface area is 313 Å². The molecule has 0 atom stereocenters. The molecule has 0 N–H and O–H groups in total. The molecule has 10 rings (SSSR count). The molecule has 9 aromatic carbocycles. The largest absolute Gasteiger partial charge is 0.208 e. The number of nitrogens with zero attached hydrogens (tertiary/aromatic N) is 3. The maximum absolute atomic E-state index is 5.14. The molecule has 0 saturated carbocycles. The second kappa shape index (κ2) is 13.4. The van der Waals surface area contributed by atoms with Gasteiger partial charge in [-0.1, -0.05) is 164 Å². The standard InChI is InChI=1S/C51H33N3/c1-4-10-34(11-5-1)38-19-21-43-30-45(26-23-41(43)28-38)49-52-50(46-27-24-42-29-39(20-22-44(42)31-46)35-12-6-2-7-13-35)54-51(53-49)47-25-17-37-16-18-40(32-48(37)33-47)36-14-8-3-9-15-36/h1-33H. The fourth-order valence-electron chi connectivity index (χ4n) is 7.35. The predicted octanol–water partition coefficient (Wildman–Crippen LogP) is 13.3. The van der Waals surface area contributed by atoms with Crippen molar-refractivity contribution < 1.29 is 0 Å². The van der Waals surface area contributed by atoms with Crippen LogP contribution in [-0.4, -0.2) is 15.0 Å². The summed E-state index contributed by atoms with van der Waals surface area (Å²) in [4.78, 5) is 15.4. The van der Waals surface area contributed by atoms with E-state index in [2.05, 4.69) is 182 Å². The summed E-state index contributed by atoms with van der Waals surface area (Å²) in [5, 5.41) is 6.91. The molecule has 0 fully saturated rings. The molecule has 0 amide bonds. The number of fused-ring (bicyclic) bond motifs is 3. The monoisotopic (exact) mass is 687 g/mol. The smallest absolute Gasteiger partial charge is 0.164 e. The Bertz CT molecular complexity index is 2830. The lowest BCUT2D eigenvalue weighted by molar-refractivity contribution is 1.08. The van der Waals surface area contributed by atoms with Crippen molar-refractivity contribution in [3.05, 3.63) is 200 Å². The molecule has 0 spiro atoms. The van der Waals surface area contributed by atoms with Crippen molar-refractivity contribution >= 4 is 32.3 Å². The van der Waals surface area contributed by atoms with Crippen LogP contribution < -0.4 is 0 Å². The number of hydrogen-bond acceptors (Lipinski definition) is 3. The van der Waals surface area contributed by atoms with Gasteiger partial charge in [-0.3, -0.25) is 0 Å². The van der Waals surface area contributed by atoms with Crippen molar-refractivity contribution in [2.45, 2.75) is 0 Å². The third kappa shape index (κ3) is 6.08. The molecule has 0 aliphatic heterocycles. The fourth-order valence-corrected chi connectivity index (χ4v) is 7.35. The first kappa shape index (κ1) is 31.5. The van der Waals surface area contributed by atoms with Crippen molar-refractivity contribution in [2.75, 3.05) is 0 Å². The molecular formula is C51H33N3. The van der Waals surface area contributed by atoms with Gasteiger partial charge in [-0.05, 0) is 102 Å². The SMILES string of the molecule is c1ccc(-c2ccc3cc(-c4nc(-c5ccc6cc(-c7ccccc7)ccc6c5)nc(-c5ccc6ccc(-c7ccccc7)cc6c5)n4)ccc3c2)cc1. The fraction of sp³-hybridized carbons (Fsp3) is 0. The van der Waals surface area contributed by atoms with E-state index in [-0.39, 0.29) is 0 Å². The molecule has 0 bridgehead atoms. The molecule has 1 aromatic heterocycles. The van der Waals surface area contributed by atoms with Crippen LogP contribution in [0, 0.1) is 0 Å². The summed E-state index contributed by atoms with van der Waals surface area (Å²) in [6.07, 6.45) is 0. The summed E-state index contributed by atoms with van der Waals surface area (Å²) in [5.74, 6) is 1.92. The van der Waals surface area contributed by atoms with E-state index < -0.39 is 0 Å². The topological polar surface area (TPSA) is 38.7 Å². The molecule has 0 radical (unpaired) electrons. The van der Waals surface area contributed by atoms with Crippen LogP contribution in [0.1, 0.15) is 0 Å². The lowest BCUT2D eigenvalue weighted by Crippen LogP contribution is -2.00. The Morgan fingerprint density at radius 3 is 0.796 bits per heavy atom. The third-order valence-electron chi connectivity index (χ3n) is 10.3. The van der Waals surface area contributed by atoms with Gasteiger partial charge in [-0.2, -0.15) is 0 Å². The van der Waals surface area contributed by atoms with E-state index in [4.69, 9.17) is 15.0 Å². The van der Waals surface area contributed by atoms with Crippen LogP contribution in [0.25, 0.3) is 99.9 Å². The zero-order valence-corrected chi connectivity index (χ0v) is 29.4. The molecule has 0 aliphatic carbocycles. The van der Waals surface area contributed by atoms with E-state index in [0.29, 0.717) is 17.5 Å². The van der Waals surface area contributed by atoms with Gasteiger partial charge in [0.05, 0.1) is 0 Å². The van der Waals surface area contributed by atoms with Crippen LogP contribution in [0.15, 0.2) is 200 Å². The van der Waals surface area contributed by atoms with Gasteiger partial charge in [0.1, 0.15) is 0 Å². The van der Waals surface area contributed by atoms with E-state index >= 15 is 0 Å². The van der Waals surface area contributed by atoms with Crippen LogP contribution >= 0.6 is 0 Å². The minimum Gasteiger partial charge on any atom is -0.208 e. The summed E-state index contributed by atoms with van der Waals surface area (Å²) in [7, 11) is 0. The van der Waals surface area contributed by atoms with Crippen molar-refractivity contribution in [3.8, 4) is 67.5 Å². The minimum absolute atomic E-state index is 0.640. The van der Waals surface area contributed by atoms with Crippen LogP contribution in [0.2, 0.25) is 0 Å². The quantitative estimate of drug-likeness (QED) is 0.175. The maximum atomic E-state index is 5.14. The van der Waals surface area contributed by atoms with Crippen molar-refractivity contribution in [1.82, 2.24) is 15.0 Å². The molecule has 3 heteroatoms. The average Bonchev–Trinajstić information content (AvgIpc) is 3.26. The van der Waals surface area contributed by atoms with Gasteiger partial charge >= 0.3 is 0 Å². The molecule has 0 aliphatic rings. The molecule has 0 saturated heterocycles. The number of aromatic nitrogens is 3. The first-order valence-electron chi connectivity index (χ1n) is 18.3. The van der Waals surface area contributed by atoms with Crippen LogP contribution in [-0.2, 0) is 0 Å². The van der Waals surface area contributed by atoms with E-state index in [1.54, 1.807) is 0 Å². The predicted molar refractivity (Wildman–Crippen MR) is 225 cm³/mol. The summed E-state index contributed by atoms with van der Waals surface area (Å²) >= 11 is 0. The van der Waals surface area contributed by atoms with Crippen LogP contribution in [0.5, 0.6) is 0 Å². The Morgan fingerprint density at radius 2 is 0.444 bits per heavy atom. The highest BCUT2D eigenvalue weighted by Crippen LogP contribution is 2.33. The Morgan fingerprint density at radius 1 is 0.185 bits per heavy atom. The summed E-state index contributed by atoms with van der Waals surface area (Å²) < 4.78 is 0. The molecule has 0 unspecified atom stereocenters. The average molecular weight is 688 g/mol. The minimum atomic E-state index is 0.640. The van der Waals surface area contributed by atoms with Crippen molar-refractivity contribution in [3.63, 3.8) is 0 Å². The summed E-state index contributed by atoms with van der Waals surface area (Å²) in [6, 6.07) is 70.8. The Hall–Kier alpha value is -7.23. The Balaban J connectivity index is 1.09. The number of rotatable bonds is 6. The third-order valence-corrected chi connectivity index (χ3v) is 10.3. The zero-order valence-electron chi connectivity index (χ0n) is 29.4. The van der Waals surface area contributed by atoms with Gasteiger partial charge < -0.3 is 0 Å². The van der Waals surface area contributed by atoms with E-state index in [0.717, 1.165) is 32.8 Å². The van der Waals surface area contributed by atoms with Gasteiger partial charge in [0.15, 0.2) is 17.5 Å². The molecular weight excluding hydrogens is 655 g/mol. The molecule has 10 aromatic rings. The highest BCUT2D eigenvalue weighted by atomic mass is 15.0. The normalized spacial score (nSPS) is 11.3. The van der Waals surface area contributed by atoms with Gasteiger partial charge in [0.25, 0.3) is 0 Å². The molecule has 3 nitrogen and oxygen atoms in total. The first-order chi connectivity index (χ1) is 26.7. The highest BCUT2D eigenvalue weighted by molar-refractivity contribution is 5.93. The lowest BCUT2D eigenvalue weighted by atomic mass is 9.99. The summed E-state index contributed by atoms with van der Waals surface area (Å²) in [6.45, 7) is 0.